The van der Waals surface area contributed by atoms with Gasteiger partial charge < -0.3 is 4.57 Å². The standard InChI is InChI=1S/C20H20F3N5O2S2/c1-25-19(15-4-2-3-5-16(15)21)24-28(20(25)31)13-26-8-10-27(11-9-26)32(29,30)14-6-7-17(22)18(23)12-14/h2-7,12H,8-11,13H2,1H3. The lowest BCUT2D eigenvalue weighted by Gasteiger charge is -2.33. The van der Waals surface area contributed by atoms with Crippen LogP contribution in [0.3, 0.4) is 0 Å². The van der Waals surface area contributed by atoms with Crippen molar-refractivity contribution in [2.75, 3.05) is 26.2 Å². The lowest BCUT2D eigenvalue weighted by Crippen LogP contribution is -2.49. The quantitative estimate of drug-likeness (QED) is 0.522. The van der Waals surface area contributed by atoms with Crippen LogP contribution in [0.25, 0.3) is 11.4 Å². The van der Waals surface area contributed by atoms with E-state index in [0.717, 1.165) is 12.1 Å². The van der Waals surface area contributed by atoms with E-state index in [2.05, 4.69) is 5.10 Å². The van der Waals surface area contributed by atoms with Crippen LogP contribution < -0.4 is 0 Å². The average molecular weight is 484 g/mol. The Bertz CT molecular complexity index is 1320. The maximum atomic E-state index is 14.2. The molecule has 0 bridgehead atoms. The van der Waals surface area contributed by atoms with Crippen molar-refractivity contribution in [3.05, 3.63) is 64.7 Å². The fourth-order valence-corrected chi connectivity index (χ4v) is 5.16. The van der Waals surface area contributed by atoms with Crippen molar-refractivity contribution in [2.24, 2.45) is 7.05 Å². The maximum Gasteiger partial charge on any atom is 0.243 e. The van der Waals surface area contributed by atoms with Crippen LogP contribution in [0, 0.1) is 22.2 Å². The van der Waals surface area contributed by atoms with Crippen LogP contribution in [0.15, 0.2) is 47.4 Å². The Morgan fingerprint density at radius 1 is 0.969 bits per heavy atom. The molecule has 7 nitrogen and oxygen atoms in total. The van der Waals surface area contributed by atoms with Gasteiger partial charge in [0.05, 0.1) is 17.1 Å². The molecular weight excluding hydrogens is 463 g/mol. The highest BCUT2D eigenvalue weighted by molar-refractivity contribution is 7.89. The van der Waals surface area contributed by atoms with Gasteiger partial charge in [-0.1, -0.05) is 12.1 Å². The SMILES string of the molecule is Cn1c(-c2ccccc2F)nn(CN2CCN(S(=O)(=O)c3ccc(F)c(F)c3)CC2)c1=S. The van der Waals surface area contributed by atoms with E-state index >= 15 is 0 Å². The van der Waals surface area contributed by atoms with Gasteiger partial charge in [-0.2, -0.15) is 9.40 Å². The molecule has 0 radical (unpaired) electrons. The van der Waals surface area contributed by atoms with Crippen LogP contribution in [-0.4, -0.2) is 58.1 Å². The Morgan fingerprint density at radius 3 is 2.31 bits per heavy atom. The molecule has 0 N–H and O–H groups in total. The summed E-state index contributed by atoms with van der Waals surface area (Å²) < 4.78 is 71.2. The number of hydrogen-bond acceptors (Lipinski definition) is 5. The first-order valence-electron chi connectivity index (χ1n) is 9.75. The number of benzene rings is 2. The third-order valence-corrected chi connectivity index (χ3v) is 7.73. The van der Waals surface area contributed by atoms with Gasteiger partial charge in [-0.3, -0.25) is 4.90 Å². The molecule has 0 saturated carbocycles. The summed E-state index contributed by atoms with van der Waals surface area (Å²) >= 11 is 5.44. The lowest BCUT2D eigenvalue weighted by molar-refractivity contribution is 0.144. The number of sulfonamides is 1. The van der Waals surface area contributed by atoms with Crippen LogP contribution in [0.5, 0.6) is 0 Å². The molecule has 12 heteroatoms. The molecule has 32 heavy (non-hydrogen) atoms. The molecule has 1 aliphatic heterocycles. The normalized spacial score (nSPS) is 15.9. The van der Waals surface area contributed by atoms with Gasteiger partial charge in [-0.05, 0) is 42.5 Å². The van der Waals surface area contributed by atoms with E-state index < -0.39 is 27.5 Å². The highest BCUT2D eigenvalue weighted by atomic mass is 32.2. The molecule has 0 amide bonds. The summed E-state index contributed by atoms with van der Waals surface area (Å²) in [5, 5.41) is 4.45. The van der Waals surface area contributed by atoms with Gasteiger partial charge in [0.15, 0.2) is 22.2 Å². The van der Waals surface area contributed by atoms with Gasteiger partial charge in [-0.25, -0.2) is 26.3 Å². The summed E-state index contributed by atoms with van der Waals surface area (Å²) in [6.07, 6.45) is 0. The van der Waals surface area contributed by atoms with Crippen molar-refractivity contribution in [3.63, 3.8) is 0 Å². The second-order valence-electron chi connectivity index (χ2n) is 7.38. The first-order valence-corrected chi connectivity index (χ1v) is 11.6. The molecule has 4 rings (SSSR count). The summed E-state index contributed by atoms with van der Waals surface area (Å²) in [6, 6.07) is 8.83. The van der Waals surface area contributed by atoms with Gasteiger partial charge in [0.25, 0.3) is 0 Å². The Kier molecular flexibility index (Phi) is 6.21. The predicted molar refractivity (Wildman–Crippen MR) is 114 cm³/mol. The molecule has 1 fully saturated rings. The number of piperazine rings is 1. The molecule has 0 aliphatic carbocycles. The summed E-state index contributed by atoms with van der Waals surface area (Å²) in [4.78, 5) is 1.68. The molecule has 1 saturated heterocycles. The van der Waals surface area contributed by atoms with E-state index in [9.17, 15) is 21.6 Å². The summed E-state index contributed by atoms with van der Waals surface area (Å²) in [7, 11) is -2.23. The van der Waals surface area contributed by atoms with Crippen LogP contribution in [0.1, 0.15) is 0 Å². The molecule has 170 valence electrons. The van der Waals surface area contributed by atoms with E-state index in [0.29, 0.717) is 42.0 Å². The van der Waals surface area contributed by atoms with Crippen molar-refractivity contribution in [1.82, 2.24) is 23.6 Å². The van der Waals surface area contributed by atoms with Crippen molar-refractivity contribution < 1.29 is 21.6 Å². The average Bonchev–Trinajstić information content (AvgIpc) is 3.04. The minimum Gasteiger partial charge on any atom is -0.303 e. The predicted octanol–water partition coefficient (Wildman–Crippen LogP) is 3.00. The topological polar surface area (TPSA) is 63.4 Å². The number of rotatable bonds is 5. The van der Waals surface area contributed by atoms with E-state index in [1.165, 1.54) is 10.4 Å². The van der Waals surface area contributed by atoms with Gasteiger partial charge in [0.2, 0.25) is 10.0 Å². The van der Waals surface area contributed by atoms with E-state index in [1.54, 1.807) is 34.5 Å². The molecule has 2 heterocycles. The molecule has 0 spiro atoms. The molecule has 0 atom stereocenters. The monoisotopic (exact) mass is 483 g/mol. The molecule has 0 unspecified atom stereocenters. The van der Waals surface area contributed by atoms with Gasteiger partial charge in [-0.15, -0.1) is 0 Å². The number of halogens is 3. The van der Waals surface area contributed by atoms with E-state index in [-0.39, 0.29) is 18.0 Å². The molecular formula is C20H20F3N5O2S2. The second-order valence-corrected chi connectivity index (χ2v) is 9.69. The third-order valence-electron chi connectivity index (χ3n) is 5.35. The highest BCUT2D eigenvalue weighted by Gasteiger charge is 2.29. The van der Waals surface area contributed by atoms with Crippen molar-refractivity contribution >= 4 is 22.2 Å². The third kappa shape index (κ3) is 4.22. The lowest BCUT2D eigenvalue weighted by atomic mass is 10.2. The highest BCUT2D eigenvalue weighted by Crippen LogP contribution is 2.22. The number of hydrogen-bond donors (Lipinski definition) is 0. The smallest absolute Gasteiger partial charge is 0.243 e. The number of aromatic nitrogens is 3. The first kappa shape index (κ1) is 22.6. The Morgan fingerprint density at radius 2 is 1.66 bits per heavy atom. The zero-order valence-electron chi connectivity index (χ0n) is 17.1. The zero-order chi connectivity index (χ0) is 23.0. The number of nitrogens with zero attached hydrogens (tertiary/aromatic N) is 5. The van der Waals surface area contributed by atoms with Gasteiger partial charge in [0, 0.05) is 33.2 Å². The summed E-state index contributed by atoms with van der Waals surface area (Å²) in [6.45, 7) is 1.41. The van der Waals surface area contributed by atoms with E-state index in [4.69, 9.17) is 12.2 Å². The second kappa shape index (κ2) is 8.77. The zero-order valence-corrected chi connectivity index (χ0v) is 18.7. The fourth-order valence-electron chi connectivity index (χ4n) is 3.54. The van der Waals surface area contributed by atoms with Crippen LogP contribution in [-0.2, 0) is 23.7 Å². The van der Waals surface area contributed by atoms with Crippen molar-refractivity contribution in [3.8, 4) is 11.4 Å². The van der Waals surface area contributed by atoms with Crippen LogP contribution in [0.4, 0.5) is 13.2 Å². The van der Waals surface area contributed by atoms with Gasteiger partial charge in [0.1, 0.15) is 5.82 Å². The van der Waals surface area contributed by atoms with Crippen LogP contribution in [0.2, 0.25) is 0 Å². The largest absolute Gasteiger partial charge is 0.303 e. The minimum absolute atomic E-state index is 0.168. The summed E-state index contributed by atoms with van der Waals surface area (Å²) in [5.74, 6) is -2.32. The Hall–Kier alpha value is -2.54. The molecule has 1 aliphatic rings. The molecule has 2 aromatic carbocycles. The Labute approximate surface area is 188 Å². The molecule has 1 aromatic heterocycles. The van der Waals surface area contributed by atoms with E-state index in [1.807, 2.05) is 4.90 Å². The van der Waals surface area contributed by atoms with Crippen LogP contribution >= 0.6 is 12.2 Å². The minimum atomic E-state index is -3.94. The summed E-state index contributed by atoms with van der Waals surface area (Å²) in [5.41, 5.74) is 0.335. The first-order chi connectivity index (χ1) is 15.2. The fraction of sp³-hybridized carbons (Fsp3) is 0.300. The van der Waals surface area contributed by atoms with Crippen molar-refractivity contribution in [2.45, 2.75) is 11.6 Å². The Balaban J connectivity index is 1.47. The van der Waals surface area contributed by atoms with Gasteiger partial charge >= 0.3 is 0 Å². The molecule has 3 aromatic rings. The maximum absolute atomic E-state index is 14.2. The van der Waals surface area contributed by atoms with Crippen molar-refractivity contribution in [1.29, 1.82) is 0 Å².